The molecule has 0 saturated carbocycles. The standard InChI is InChI=1S/C12H14ClFN2O2/c13-10-3-8(14)1-2-9(10)12(18)16-5-7-4-15-6-11(7)17/h1-3,7,11,15,17H,4-6H2,(H,16,18). The molecule has 0 aliphatic carbocycles. The molecule has 1 aliphatic heterocycles. The van der Waals surface area contributed by atoms with Crippen LogP contribution in [0.3, 0.4) is 0 Å². The summed E-state index contributed by atoms with van der Waals surface area (Å²) in [5.41, 5.74) is 0.235. The summed E-state index contributed by atoms with van der Waals surface area (Å²) in [6, 6.07) is 3.63. The van der Waals surface area contributed by atoms with Crippen molar-refractivity contribution in [2.24, 2.45) is 5.92 Å². The molecular formula is C12H14ClFN2O2. The Morgan fingerprint density at radius 3 is 2.94 bits per heavy atom. The molecule has 0 radical (unpaired) electrons. The van der Waals surface area contributed by atoms with E-state index >= 15 is 0 Å². The molecule has 4 nitrogen and oxygen atoms in total. The number of nitrogens with one attached hydrogen (secondary N) is 2. The Balaban J connectivity index is 1.95. The predicted molar refractivity (Wildman–Crippen MR) is 66.1 cm³/mol. The smallest absolute Gasteiger partial charge is 0.252 e. The van der Waals surface area contributed by atoms with Crippen molar-refractivity contribution in [1.29, 1.82) is 0 Å². The van der Waals surface area contributed by atoms with Crippen LogP contribution in [-0.4, -0.2) is 36.8 Å². The molecular weight excluding hydrogens is 259 g/mol. The van der Waals surface area contributed by atoms with E-state index in [4.69, 9.17) is 11.6 Å². The number of benzene rings is 1. The molecule has 0 spiro atoms. The van der Waals surface area contributed by atoms with E-state index in [1.54, 1.807) is 0 Å². The molecule has 1 aromatic carbocycles. The van der Waals surface area contributed by atoms with E-state index in [0.717, 1.165) is 6.07 Å². The molecule has 1 heterocycles. The third kappa shape index (κ3) is 2.98. The Morgan fingerprint density at radius 1 is 1.56 bits per heavy atom. The summed E-state index contributed by atoms with van der Waals surface area (Å²) >= 11 is 5.79. The highest BCUT2D eigenvalue weighted by Crippen LogP contribution is 2.17. The number of aliphatic hydroxyl groups is 1. The van der Waals surface area contributed by atoms with Crippen molar-refractivity contribution < 1.29 is 14.3 Å². The van der Waals surface area contributed by atoms with Gasteiger partial charge in [-0.3, -0.25) is 4.79 Å². The Bertz CT molecular complexity index is 456. The highest BCUT2D eigenvalue weighted by Gasteiger charge is 2.25. The van der Waals surface area contributed by atoms with E-state index in [-0.39, 0.29) is 22.4 Å². The first-order valence-corrected chi connectivity index (χ1v) is 6.08. The quantitative estimate of drug-likeness (QED) is 0.762. The van der Waals surface area contributed by atoms with Gasteiger partial charge in [0, 0.05) is 25.6 Å². The summed E-state index contributed by atoms with van der Waals surface area (Å²) < 4.78 is 12.8. The molecule has 2 atom stereocenters. The molecule has 0 aromatic heterocycles. The SMILES string of the molecule is O=C(NCC1CNCC1O)c1ccc(F)cc1Cl. The van der Waals surface area contributed by atoms with Gasteiger partial charge >= 0.3 is 0 Å². The number of hydrogen-bond donors (Lipinski definition) is 3. The summed E-state index contributed by atoms with van der Waals surface area (Å²) in [7, 11) is 0. The fourth-order valence-corrected chi connectivity index (χ4v) is 2.17. The molecule has 18 heavy (non-hydrogen) atoms. The van der Waals surface area contributed by atoms with Gasteiger partial charge in [0.25, 0.3) is 5.91 Å². The number of carbonyl (C=O) groups is 1. The van der Waals surface area contributed by atoms with Gasteiger partial charge in [-0.2, -0.15) is 0 Å². The molecule has 1 fully saturated rings. The summed E-state index contributed by atoms with van der Waals surface area (Å²) in [5, 5.41) is 15.4. The van der Waals surface area contributed by atoms with Gasteiger partial charge in [-0.25, -0.2) is 4.39 Å². The fourth-order valence-electron chi connectivity index (χ4n) is 1.92. The number of rotatable bonds is 3. The minimum atomic E-state index is -0.480. The van der Waals surface area contributed by atoms with Crippen LogP contribution in [0.25, 0.3) is 0 Å². The van der Waals surface area contributed by atoms with E-state index in [9.17, 15) is 14.3 Å². The summed E-state index contributed by atoms with van der Waals surface area (Å²) in [6.45, 7) is 1.57. The highest BCUT2D eigenvalue weighted by molar-refractivity contribution is 6.33. The van der Waals surface area contributed by atoms with Crippen molar-refractivity contribution >= 4 is 17.5 Å². The van der Waals surface area contributed by atoms with E-state index < -0.39 is 11.9 Å². The lowest BCUT2D eigenvalue weighted by Crippen LogP contribution is -2.34. The van der Waals surface area contributed by atoms with E-state index in [1.165, 1.54) is 12.1 Å². The Kier molecular flexibility index (Phi) is 4.16. The van der Waals surface area contributed by atoms with Crippen LogP contribution in [0.4, 0.5) is 4.39 Å². The maximum absolute atomic E-state index is 12.8. The van der Waals surface area contributed by atoms with Gasteiger partial charge in [0.05, 0.1) is 16.7 Å². The molecule has 98 valence electrons. The maximum Gasteiger partial charge on any atom is 0.252 e. The Morgan fingerprint density at radius 2 is 2.33 bits per heavy atom. The monoisotopic (exact) mass is 272 g/mol. The van der Waals surface area contributed by atoms with Gasteiger partial charge in [-0.05, 0) is 18.2 Å². The molecule has 2 unspecified atom stereocenters. The van der Waals surface area contributed by atoms with Crippen molar-refractivity contribution in [2.45, 2.75) is 6.10 Å². The molecule has 1 saturated heterocycles. The van der Waals surface area contributed by atoms with Crippen molar-refractivity contribution in [3.63, 3.8) is 0 Å². The van der Waals surface area contributed by atoms with Crippen LogP contribution in [0.15, 0.2) is 18.2 Å². The second-order valence-electron chi connectivity index (χ2n) is 4.32. The summed E-state index contributed by atoms with van der Waals surface area (Å²) in [5.74, 6) is -0.848. The van der Waals surface area contributed by atoms with Gasteiger partial charge < -0.3 is 15.7 Å². The minimum Gasteiger partial charge on any atom is -0.391 e. The zero-order valence-corrected chi connectivity index (χ0v) is 10.4. The van der Waals surface area contributed by atoms with E-state index in [0.29, 0.717) is 19.6 Å². The minimum absolute atomic E-state index is 0.00632. The predicted octanol–water partition coefficient (Wildman–Crippen LogP) is 0.789. The maximum atomic E-state index is 12.8. The highest BCUT2D eigenvalue weighted by atomic mass is 35.5. The van der Waals surface area contributed by atoms with E-state index in [1.807, 2.05) is 0 Å². The Hall–Kier alpha value is -1.17. The fraction of sp³-hybridized carbons (Fsp3) is 0.417. The molecule has 2 rings (SSSR count). The first-order chi connectivity index (χ1) is 8.58. The first kappa shape index (κ1) is 13.3. The second kappa shape index (κ2) is 5.65. The van der Waals surface area contributed by atoms with E-state index in [2.05, 4.69) is 10.6 Å². The van der Waals surface area contributed by atoms with Crippen LogP contribution in [0.1, 0.15) is 10.4 Å². The van der Waals surface area contributed by atoms with Gasteiger partial charge in [0.1, 0.15) is 5.82 Å². The third-order valence-electron chi connectivity index (χ3n) is 3.00. The van der Waals surface area contributed by atoms with Crippen LogP contribution < -0.4 is 10.6 Å². The van der Waals surface area contributed by atoms with Gasteiger partial charge in [0.15, 0.2) is 0 Å². The third-order valence-corrected chi connectivity index (χ3v) is 3.32. The lowest BCUT2D eigenvalue weighted by Gasteiger charge is -2.14. The average molecular weight is 273 g/mol. The average Bonchev–Trinajstić information content (AvgIpc) is 2.72. The van der Waals surface area contributed by atoms with Crippen LogP contribution in [0, 0.1) is 11.7 Å². The summed E-state index contributed by atoms with van der Waals surface area (Å²) in [6.07, 6.45) is -0.450. The lowest BCUT2D eigenvalue weighted by molar-refractivity contribution is 0.0927. The zero-order valence-electron chi connectivity index (χ0n) is 9.62. The topological polar surface area (TPSA) is 61.4 Å². The van der Waals surface area contributed by atoms with Crippen LogP contribution in [0.5, 0.6) is 0 Å². The molecule has 1 aromatic rings. The van der Waals surface area contributed by atoms with Crippen molar-refractivity contribution in [3.05, 3.63) is 34.6 Å². The number of β-amino-alcohol motifs (C(OH)–C–C–N with tert-alkyl or cyclic N) is 1. The van der Waals surface area contributed by atoms with Crippen molar-refractivity contribution in [3.8, 4) is 0 Å². The second-order valence-corrected chi connectivity index (χ2v) is 4.73. The van der Waals surface area contributed by atoms with Crippen LogP contribution in [-0.2, 0) is 0 Å². The normalized spacial score (nSPS) is 23.1. The Labute approximate surface area is 109 Å². The molecule has 0 bridgehead atoms. The molecule has 1 aliphatic rings. The van der Waals surface area contributed by atoms with Crippen LogP contribution in [0.2, 0.25) is 5.02 Å². The van der Waals surface area contributed by atoms with Crippen LogP contribution >= 0.6 is 11.6 Å². The van der Waals surface area contributed by atoms with Gasteiger partial charge in [0.2, 0.25) is 0 Å². The zero-order chi connectivity index (χ0) is 13.1. The summed E-state index contributed by atoms with van der Waals surface area (Å²) in [4.78, 5) is 11.8. The number of amides is 1. The molecule has 3 N–H and O–H groups in total. The lowest BCUT2D eigenvalue weighted by atomic mass is 10.1. The number of hydrogen-bond acceptors (Lipinski definition) is 3. The largest absolute Gasteiger partial charge is 0.391 e. The molecule has 6 heteroatoms. The number of carbonyl (C=O) groups excluding carboxylic acids is 1. The van der Waals surface area contributed by atoms with Gasteiger partial charge in [-0.1, -0.05) is 11.6 Å². The van der Waals surface area contributed by atoms with Crippen molar-refractivity contribution in [1.82, 2.24) is 10.6 Å². The van der Waals surface area contributed by atoms with Crippen molar-refractivity contribution in [2.75, 3.05) is 19.6 Å². The number of halogens is 2. The first-order valence-electron chi connectivity index (χ1n) is 5.70. The number of aliphatic hydroxyl groups excluding tert-OH is 1. The molecule has 1 amide bonds. The van der Waals surface area contributed by atoms with Gasteiger partial charge in [-0.15, -0.1) is 0 Å².